The fraction of sp³-hybridized carbons (Fsp3) is 0.423. The van der Waals surface area contributed by atoms with Gasteiger partial charge in [0, 0.05) is 22.7 Å². The number of anilines is 1. The van der Waals surface area contributed by atoms with Gasteiger partial charge in [-0.3, -0.25) is 18.7 Å². The second kappa shape index (κ2) is 11.9. The average Bonchev–Trinajstić information content (AvgIpc) is 2.76. The third kappa shape index (κ3) is 8.06. The first-order valence-electron chi connectivity index (χ1n) is 11.6. The molecule has 0 radical (unpaired) electrons. The zero-order chi connectivity index (χ0) is 27.3. The standard InChI is InChI=1S/C26H34ClN3O5S/c1-7-23(25(33)28-26(3,4)5)29(16-20-11-8-9-14-22(20)27)24(32)17-30(36(6,34)35)21-13-10-12-19(15-21)18(2)31/h8-15,23H,7,16-17H2,1-6H3,(H,28,33)/t23-/m0/s1. The SMILES string of the molecule is CC[C@@H](C(=O)NC(C)(C)C)N(Cc1ccccc1Cl)C(=O)CN(c1cccc(C(C)=O)c1)S(C)(=O)=O. The van der Waals surface area contributed by atoms with Gasteiger partial charge in [-0.25, -0.2) is 8.42 Å². The van der Waals surface area contributed by atoms with Gasteiger partial charge in [-0.1, -0.05) is 48.9 Å². The van der Waals surface area contributed by atoms with E-state index in [0.29, 0.717) is 22.6 Å². The Balaban J connectivity index is 2.51. The van der Waals surface area contributed by atoms with Crippen LogP contribution < -0.4 is 9.62 Å². The number of carbonyl (C=O) groups excluding carboxylic acids is 3. The molecule has 0 saturated heterocycles. The summed E-state index contributed by atoms with van der Waals surface area (Å²) in [6.07, 6.45) is 1.29. The third-order valence-electron chi connectivity index (χ3n) is 5.40. The van der Waals surface area contributed by atoms with Crippen molar-refractivity contribution in [2.24, 2.45) is 0 Å². The predicted octanol–water partition coefficient (Wildman–Crippen LogP) is 4.03. The molecule has 2 amide bonds. The molecular weight excluding hydrogens is 502 g/mol. The fourth-order valence-corrected chi connectivity index (χ4v) is 4.71. The number of hydrogen-bond acceptors (Lipinski definition) is 5. The summed E-state index contributed by atoms with van der Waals surface area (Å²) in [5.74, 6) is -1.17. The first-order chi connectivity index (χ1) is 16.6. The number of benzene rings is 2. The summed E-state index contributed by atoms with van der Waals surface area (Å²) in [6, 6.07) is 12.2. The number of ketones is 1. The van der Waals surface area contributed by atoms with Crippen molar-refractivity contribution in [1.82, 2.24) is 10.2 Å². The summed E-state index contributed by atoms with van der Waals surface area (Å²) < 4.78 is 26.4. The molecule has 0 spiro atoms. The summed E-state index contributed by atoms with van der Waals surface area (Å²) >= 11 is 6.35. The molecule has 0 aliphatic heterocycles. The molecule has 0 unspecified atom stereocenters. The van der Waals surface area contributed by atoms with Crippen LogP contribution in [0.25, 0.3) is 0 Å². The molecule has 36 heavy (non-hydrogen) atoms. The lowest BCUT2D eigenvalue weighted by Crippen LogP contribution is -2.55. The van der Waals surface area contributed by atoms with Crippen LogP contribution in [0.2, 0.25) is 5.02 Å². The maximum atomic E-state index is 13.7. The number of rotatable bonds is 10. The minimum Gasteiger partial charge on any atom is -0.350 e. The van der Waals surface area contributed by atoms with Crippen molar-refractivity contribution in [3.05, 3.63) is 64.7 Å². The molecule has 0 aromatic heterocycles. The molecule has 1 N–H and O–H groups in total. The van der Waals surface area contributed by atoms with Gasteiger partial charge in [0.25, 0.3) is 0 Å². The molecule has 0 heterocycles. The highest BCUT2D eigenvalue weighted by molar-refractivity contribution is 7.92. The number of nitrogens with one attached hydrogen (secondary N) is 1. The molecule has 10 heteroatoms. The number of carbonyl (C=O) groups is 3. The van der Waals surface area contributed by atoms with Crippen LogP contribution in [-0.4, -0.2) is 55.3 Å². The minimum absolute atomic E-state index is 0.0136. The summed E-state index contributed by atoms with van der Waals surface area (Å²) in [5.41, 5.74) is 0.593. The van der Waals surface area contributed by atoms with E-state index in [1.807, 2.05) is 20.8 Å². The van der Waals surface area contributed by atoms with Gasteiger partial charge in [-0.2, -0.15) is 0 Å². The molecule has 0 fully saturated rings. The van der Waals surface area contributed by atoms with Gasteiger partial charge in [0.1, 0.15) is 12.6 Å². The van der Waals surface area contributed by atoms with Gasteiger partial charge in [-0.05, 0) is 57.9 Å². The smallest absolute Gasteiger partial charge is 0.244 e. The number of hydrogen-bond donors (Lipinski definition) is 1. The molecule has 2 aromatic carbocycles. The van der Waals surface area contributed by atoms with E-state index >= 15 is 0 Å². The van der Waals surface area contributed by atoms with E-state index in [-0.39, 0.29) is 23.9 Å². The van der Waals surface area contributed by atoms with Crippen molar-refractivity contribution in [3.63, 3.8) is 0 Å². The molecule has 2 aromatic rings. The molecule has 0 aliphatic rings. The number of halogens is 1. The van der Waals surface area contributed by atoms with Crippen LogP contribution in [0.3, 0.4) is 0 Å². The monoisotopic (exact) mass is 535 g/mol. The lowest BCUT2D eigenvalue weighted by atomic mass is 10.1. The van der Waals surface area contributed by atoms with Crippen molar-refractivity contribution < 1.29 is 22.8 Å². The Morgan fingerprint density at radius 2 is 1.69 bits per heavy atom. The molecule has 196 valence electrons. The van der Waals surface area contributed by atoms with Crippen LogP contribution in [0.1, 0.15) is 57.0 Å². The Morgan fingerprint density at radius 3 is 2.22 bits per heavy atom. The van der Waals surface area contributed by atoms with Crippen LogP contribution in [0.4, 0.5) is 5.69 Å². The first kappa shape index (κ1) is 29.3. The van der Waals surface area contributed by atoms with E-state index in [2.05, 4.69) is 5.32 Å². The lowest BCUT2D eigenvalue weighted by molar-refractivity contribution is -0.141. The lowest BCUT2D eigenvalue weighted by Gasteiger charge is -2.34. The van der Waals surface area contributed by atoms with Crippen molar-refractivity contribution in [3.8, 4) is 0 Å². The minimum atomic E-state index is -3.90. The molecule has 1 atom stereocenters. The maximum absolute atomic E-state index is 13.7. The van der Waals surface area contributed by atoms with Crippen LogP contribution in [0.15, 0.2) is 48.5 Å². The Hall–Kier alpha value is -2.91. The van der Waals surface area contributed by atoms with E-state index in [4.69, 9.17) is 11.6 Å². The van der Waals surface area contributed by atoms with Gasteiger partial charge in [0.2, 0.25) is 21.8 Å². The van der Waals surface area contributed by atoms with Crippen LogP contribution in [0, 0.1) is 0 Å². The van der Waals surface area contributed by atoms with Gasteiger partial charge >= 0.3 is 0 Å². The number of Topliss-reactive ketones (excluding diaryl/α,β-unsaturated/α-hetero) is 1. The largest absolute Gasteiger partial charge is 0.350 e. The number of nitrogens with zero attached hydrogens (tertiary/aromatic N) is 2. The van der Waals surface area contributed by atoms with E-state index in [0.717, 1.165) is 10.6 Å². The quantitative estimate of drug-likeness (QED) is 0.462. The maximum Gasteiger partial charge on any atom is 0.244 e. The van der Waals surface area contributed by atoms with Gasteiger partial charge < -0.3 is 10.2 Å². The summed E-state index contributed by atoms with van der Waals surface area (Å²) in [6.45, 7) is 8.13. The Morgan fingerprint density at radius 1 is 1.06 bits per heavy atom. The highest BCUT2D eigenvalue weighted by Crippen LogP contribution is 2.23. The van der Waals surface area contributed by atoms with Crippen LogP contribution in [0.5, 0.6) is 0 Å². The molecular formula is C26H34ClN3O5S. The zero-order valence-corrected chi connectivity index (χ0v) is 23.1. The van der Waals surface area contributed by atoms with E-state index in [1.54, 1.807) is 43.3 Å². The zero-order valence-electron chi connectivity index (χ0n) is 21.5. The second-order valence-corrected chi connectivity index (χ2v) is 12.0. The molecule has 0 aliphatic carbocycles. The van der Waals surface area contributed by atoms with Gasteiger partial charge in [-0.15, -0.1) is 0 Å². The molecule has 8 nitrogen and oxygen atoms in total. The number of amides is 2. The molecule has 0 saturated carbocycles. The van der Waals surface area contributed by atoms with Crippen molar-refractivity contribution >= 4 is 44.9 Å². The second-order valence-electron chi connectivity index (χ2n) is 9.65. The summed E-state index contributed by atoms with van der Waals surface area (Å²) in [5, 5.41) is 3.33. The van der Waals surface area contributed by atoms with Crippen molar-refractivity contribution in [1.29, 1.82) is 0 Å². The van der Waals surface area contributed by atoms with Crippen LogP contribution in [-0.2, 0) is 26.2 Å². The topological polar surface area (TPSA) is 104 Å². The predicted molar refractivity (Wildman–Crippen MR) is 143 cm³/mol. The summed E-state index contributed by atoms with van der Waals surface area (Å²) in [4.78, 5) is 40.1. The third-order valence-corrected chi connectivity index (χ3v) is 6.91. The number of sulfonamides is 1. The van der Waals surface area contributed by atoms with Gasteiger partial charge in [0.15, 0.2) is 5.78 Å². The van der Waals surface area contributed by atoms with E-state index in [1.165, 1.54) is 24.0 Å². The average molecular weight is 536 g/mol. The fourth-order valence-electron chi connectivity index (χ4n) is 3.68. The van der Waals surface area contributed by atoms with Crippen LogP contribution >= 0.6 is 11.6 Å². The summed E-state index contributed by atoms with van der Waals surface area (Å²) in [7, 11) is -3.90. The van der Waals surface area contributed by atoms with Gasteiger partial charge in [0.05, 0.1) is 11.9 Å². The molecule has 0 bridgehead atoms. The van der Waals surface area contributed by atoms with E-state index in [9.17, 15) is 22.8 Å². The first-order valence-corrected chi connectivity index (χ1v) is 13.8. The van der Waals surface area contributed by atoms with Crippen molar-refractivity contribution in [2.75, 3.05) is 17.1 Å². The normalized spacial score (nSPS) is 12.5. The van der Waals surface area contributed by atoms with E-state index < -0.39 is 34.1 Å². The Labute approximate surface area is 218 Å². The Bertz CT molecular complexity index is 1220. The van der Waals surface area contributed by atoms with Crippen molar-refractivity contribution in [2.45, 2.75) is 59.2 Å². The highest BCUT2D eigenvalue weighted by atomic mass is 35.5. The highest BCUT2D eigenvalue weighted by Gasteiger charge is 2.33. The molecule has 2 rings (SSSR count). The Kier molecular flexibility index (Phi) is 9.68.